The molecular formula is C10H18N4O. The first-order valence-corrected chi connectivity index (χ1v) is 5.42. The van der Waals surface area contributed by atoms with E-state index in [0.29, 0.717) is 13.2 Å². The van der Waals surface area contributed by atoms with E-state index in [1.54, 1.807) is 0 Å². The van der Waals surface area contributed by atoms with Crippen molar-refractivity contribution in [2.45, 2.75) is 19.5 Å². The smallest absolute Gasteiger partial charge is 0.205 e. The van der Waals surface area contributed by atoms with Crippen LogP contribution in [0, 0.1) is 0 Å². The fourth-order valence-corrected chi connectivity index (χ4v) is 1.92. The molecule has 15 heavy (non-hydrogen) atoms. The Kier molecular flexibility index (Phi) is 3.23. The minimum atomic E-state index is 0.256. The molecule has 0 saturated carbocycles. The van der Waals surface area contributed by atoms with Crippen LogP contribution in [0.25, 0.3) is 0 Å². The maximum absolute atomic E-state index is 5.73. The van der Waals surface area contributed by atoms with Crippen LogP contribution in [-0.4, -0.2) is 41.9 Å². The highest BCUT2D eigenvalue weighted by Gasteiger charge is 2.24. The molecule has 2 heterocycles. The maximum Gasteiger partial charge on any atom is 0.205 e. The van der Waals surface area contributed by atoms with Crippen molar-refractivity contribution in [1.29, 1.82) is 0 Å². The van der Waals surface area contributed by atoms with Crippen molar-refractivity contribution in [1.82, 2.24) is 9.55 Å². The fourth-order valence-electron chi connectivity index (χ4n) is 1.92. The number of aryl methyl sites for hydroxylation is 1. The van der Waals surface area contributed by atoms with Crippen LogP contribution in [0.1, 0.15) is 6.92 Å². The van der Waals surface area contributed by atoms with Crippen LogP contribution in [0.3, 0.4) is 0 Å². The molecule has 0 amide bonds. The molecule has 0 aliphatic carbocycles. The number of aromatic nitrogens is 2. The molecule has 84 valence electrons. The molecule has 0 aromatic carbocycles. The molecule has 1 fully saturated rings. The SMILES string of the molecule is CCn1ccnc1N1CCOCC1CN. The van der Waals surface area contributed by atoms with Crippen LogP contribution in [-0.2, 0) is 11.3 Å². The Balaban J connectivity index is 2.20. The lowest BCUT2D eigenvalue weighted by molar-refractivity contribution is 0.0950. The van der Waals surface area contributed by atoms with Gasteiger partial charge in [0.2, 0.25) is 5.95 Å². The van der Waals surface area contributed by atoms with Gasteiger partial charge in [0.25, 0.3) is 0 Å². The Labute approximate surface area is 89.8 Å². The molecule has 0 bridgehead atoms. The monoisotopic (exact) mass is 210 g/mol. The third-order valence-electron chi connectivity index (χ3n) is 2.79. The van der Waals surface area contributed by atoms with Crippen molar-refractivity contribution in [3.05, 3.63) is 12.4 Å². The predicted molar refractivity (Wildman–Crippen MR) is 58.9 cm³/mol. The van der Waals surface area contributed by atoms with Gasteiger partial charge in [0.05, 0.1) is 19.3 Å². The van der Waals surface area contributed by atoms with Crippen molar-refractivity contribution in [3.8, 4) is 0 Å². The fraction of sp³-hybridized carbons (Fsp3) is 0.700. The molecule has 1 unspecified atom stereocenters. The van der Waals surface area contributed by atoms with E-state index < -0.39 is 0 Å². The third-order valence-corrected chi connectivity index (χ3v) is 2.79. The first-order valence-electron chi connectivity index (χ1n) is 5.42. The average molecular weight is 210 g/mol. The summed E-state index contributed by atoms with van der Waals surface area (Å²) in [5, 5.41) is 0. The Morgan fingerprint density at radius 1 is 1.67 bits per heavy atom. The molecule has 1 atom stereocenters. The molecule has 5 heteroatoms. The Hall–Kier alpha value is -1.07. The molecule has 1 aromatic rings. The van der Waals surface area contributed by atoms with Crippen molar-refractivity contribution in [2.24, 2.45) is 5.73 Å². The first kappa shape index (κ1) is 10.4. The van der Waals surface area contributed by atoms with Gasteiger partial charge >= 0.3 is 0 Å². The number of imidazole rings is 1. The Morgan fingerprint density at radius 2 is 2.53 bits per heavy atom. The molecule has 5 nitrogen and oxygen atoms in total. The highest BCUT2D eigenvalue weighted by atomic mass is 16.5. The van der Waals surface area contributed by atoms with Crippen molar-refractivity contribution < 1.29 is 4.74 Å². The number of nitrogens with zero attached hydrogens (tertiary/aromatic N) is 3. The van der Waals surface area contributed by atoms with E-state index in [2.05, 4.69) is 21.4 Å². The predicted octanol–water partition coefficient (Wildman–Crippen LogP) is 0.0669. The zero-order valence-electron chi connectivity index (χ0n) is 9.09. The summed E-state index contributed by atoms with van der Waals surface area (Å²) >= 11 is 0. The summed E-state index contributed by atoms with van der Waals surface area (Å²) in [6.07, 6.45) is 3.83. The van der Waals surface area contributed by atoms with Crippen LogP contribution >= 0.6 is 0 Å². The number of anilines is 1. The van der Waals surface area contributed by atoms with Gasteiger partial charge in [-0.3, -0.25) is 0 Å². The van der Waals surface area contributed by atoms with E-state index in [4.69, 9.17) is 10.5 Å². The molecule has 0 spiro atoms. The van der Waals surface area contributed by atoms with Crippen molar-refractivity contribution in [3.63, 3.8) is 0 Å². The van der Waals surface area contributed by atoms with E-state index in [0.717, 1.165) is 25.6 Å². The molecule has 1 aliphatic heterocycles. The topological polar surface area (TPSA) is 56.3 Å². The van der Waals surface area contributed by atoms with Crippen LogP contribution in [0.15, 0.2) is 12.4 Å². The van der Waals surface area contributed by atoms with Gasteiger partial charge in [-0.2, -0.15) is 0 Å². The normalized spacial score (nSPS) is 22.0. The largest absolute Gasteiger partial charge is 0.377 e. The summed E-state index contributed by atoms with van der Waals surface area (Å²) < 4.78 is 7.55. The summed E-state index contributed by atoms with van der Waals surface area (Å²) in [4.78, 5) is 6.63. The zero-order valence-corrected chi connectivity index (χ0v) is 9.09. The van der Waals surface area contributed by atoms with Crippen LogP contribution in [0.4, 0.5) is 5.95 Å². The number of ether oxygens (including phenoxy) is 1. The second-order valence-corrected chi connectivity index (χ2v) is 3.67. The summed E-state index contributed by atoms with van der Waals surface area (Å²) in [7, 11) is 0. The summed E-state index contributed by atoms with van der Waals surface area (Å²) in [6, 6.07) is 0.256. The maximum atomic E-state index is 5.73. The lowest BCUT2D eigenvalue weighted by Gasteiger charge is -2.35. The van der Waals surface area contributed by atoms with E-state index in [1.165, 1.54) is 0 Å². The molecule has 1 aliphatic rings. The van der Waals surface area contributed by atoms with Crippen LogP contribution in [0.2, 0.25) is 0 Å². The number of nitrogens with two attached hydrogens (primary N) is 1. The summed E-state index contributed by atoms with van der Waals surface area (Å²) in [6.45, 7) is 5.99. The lowest BCUT2D eigenvalue weighted by atomic mass is 10.2. The van der Waals surface area contributed by atoms with Gasteiger partial charge in [-0.05, 0) is 6.92 Å². The van der Waals surface area contributed by atoms with Crippen molar-refractivity contribution >= 4 is 5.95 Å². The van der Waals surface area contributed by atoms with E-state index in [9.17, 15) is 0 Å². The standard InChI is InChI=1S/C10H18N4O/c1-2-13-4-3-12-10(13)14-5-6-15-8-9(14)7-11/h3-4,9H,2,5-8,11H2,1H3. The second kappa shape index (κ2) is 4.63. The van der Waals surface area contributed by atoms with Gasteiger partial charge in [-0.1, -0.05) is 0 Å². The van der Waals surface area contributed by atoms with Crippen LogP contribution in [0.5, 0.6) is 0 Å². The van der Waals surface area contributed by atoms with Gasteiger partial charge in [0.15, 0.2) is 0 Å². The minimum absolute atomic E-state index is 0.256. The number of hydrogen-bond acceptors (Lipinski definition) is 4. The lowest BCUT2D eigenvalue weighted by Crippen LogP contribution is -2.50. The zero-order chi connectivity index (χ0) is 10.7. The average Bonchev–Trinajstić information content (AvgIpc) is 2.76. The van der Waals surface area contributed by atoms with E-state index >= 15 is 0 Å². The van der Waals surface area contributed by atoms with Gasteiger partial charge in [-0.25, -0.2) is 4.98 Å². The highest BCUT2D eigenvalue weighted by Crippen LogP contribution is 2.17. The Bertz CT molecular complexity index is 312. The van der Waals surface area contributed by atoms with Crippen LogP contribution < -0.4 is 10.6 Å². The first-order chi connectivity index (χ1) is 7.36. The summed E-state index contributed by atoms with van der Waals surface area (Å²) in [5.74, 6) is 1.01. The highest BCUT2D eigenvalue weighted by molar-refractivity contribution is 5.34. The summed E-state index contributed by atoms with van der Waals surface area (Å²) in [5.41, 5.74) is 5.73. The number of hydrogen-bond donors (Lipinski definition) is 1. The van der Waals surface area contributed by atoms with Gasteiger partial charge < -0.3 is 19.9 Å². The second-order valence-electron chi connectivity index (χ2n) is 3.67. The quantitative estimate of drug-likeness (QED) is 0.767. The van der Waals surface area contributed by atoms with Gasteiger partial charge in [0.1, 0.15) is 0 Å². The molecule has 0 radical (unpaired) electrons. The van der Waals surface area contributed by atoms with Gasteiger partial charge in [-0.15, -0.1) is 0 Å². The molecular weight excluding hydrogens is 192 g/mol. The number of morpholine rings is 1. The van der Waals surface area contributed by atoms with E-state index in [-0.39, 0.29) is 6.04 Å². The molecule has 1 aromatic heterocycles. The molecule has 2 rings (SSSR count). The van der Waals surface area contributed by atoms with Gasteiger partial charge in [0, 0.05) is 32.0 Å². The van der Waals surface area contributed by atoms with Crippen molar-refractivity contribution in [2.75, 3.05) is 31.2 Å². The molecule has 1 saturated heterocycles. The molecule has 2 N–H and O–H groups in total. The van der Waals surface area contributed by atoms with E-state index in [1.807, 2.05) is 12.4 Å². The number of rotatable bonds is 3. The Morgan fingerprint density at radius 3 is 3.27 bits per heavy atom. The minimum Gasteiger partial charge on any atom is -0.377 e. The third kappa shape index (κ3) is 1.98.